The van der Waals surface area contributed by atoms with Gasteiger partial charge < -0.3 is 4.90 Å². The third-order valence-electron chi connectivity index (χ3n) is 7.69. The van der Waals surface area contributed by atoms with E-state index in [9.17, 15) is 9.59 Å². The normalized spacial score (nSPS) is 25.6. The van der Waals surface area contributed by atoms with E-state index in [0.29, 0.717) is 12.2 Å². The Hall–Kier alpha value is -2.38. The van der Waals surface area contributed by atoms with Crippen molar-refractivity contribution in [3.63, 3.8) is 0 Å². The van der Waals surface area contributed by atoms with Crippen LogP contribution >= 0.6 is 0 Å². The lowest BCUT2D eigenvalue weighted by atomic mass is 9.73. The smallest absolute Gasteiger partial charge is 0.167 e. The van der Waals surface area contributed by atoms with E-state index in [1.54, 1.807) is 0 Å². The molecule has 4 aliphatic rings. The lowest BCUT2D eigenvalue weighted by Gasteiger charge is -2.31. The first-order valence-corrected chi connectivity index (χ1v) is 11.8. The highest BCUT2D eigenvalue weighted by Gasteiger charge is 2.35. The molecule has 0 aromatic heterocycles. The van der Waals surface area contributed by atoms with E-state index in [-0.39, 0.29) is 23.2 Å². The van der Waals surface area contributed by atoms with Crippen LogP contribution in [0.4, 0.5) is 0 Å². The summed E-state index contributed by atoms with van der Waals surface area (Å²) in [4.78, 5) is 28.3. The number of carbonyl (C=O) groups excluding carboxylic acids is 2. The summed E-state index contributed by atoms with van der Waals surface area (Å²) in [6, 6.07) is 0. The van der Waals surface area contributed by atoms with E-state index in [0.717, 1.165) is 55.4 Å². The van der Waals surface area contributed by atoms with E-state index in [4.69, 9.17) is 0 Å². The van der Waals surface area contributed by atoms with Gasteiger partial charge in [0.15, 0.2) is 11.6 Å². The number of ketones is 2. The first-order valence-electron chi connectivity index (χ1n) is 11.8. The number of carbonyl (C=O) groups is 2. The highest BCUT2D eigenvalue weighted by molar-refractivity contribution is 6.00. The fourth-order valence-corrected chi connectivity index (χ4v) is 5.33. The molecule has 3 nitrogen and oxygen atoms in total. The van der Waals surface area contributed by atoms with Crippen LogP contribution < -0.4 is 0 Å². The second-order valence-corrected chi connectivity index (χ2v) is 10.2. The van der Waals surface area contributed by atoms with Crippen LogP contribution in [-0.4, -0.2) is 29.1 Å². The lowest BCUT2D eigenvalue weighted by Crippen LogP contribution is -2.34. The first-order chi connectivity index (χ1) is 14.8. The van der Waals surface area contributed by atoms with Gasteiger partial charge in [-0.3, -0.25) is 9.59 Å². The highest BCUT2D eigenvalue weighted by atomic mass is 16.1. The number of hydrogen-bond donors (Lipinski definition) is 0. The third kappa shape index (κ3) is 4.34. The van der Waals surface area contributed by atoms with E-state index >= 15 is 0 Å². The van der Waals surface area contributed by atoms with Crippen LogP contribution in [0.15, 0.2) is 64.1 Å². The zero-order chi connectivity index (χ0) is 22.2. The molecule has 0 aromatic rings. The number of allylic oxidation sites excluding steroid dienone is 7. The predicted molar refractivity (Wildman–Crippen MR) is 125 cm³/mol. The van der Waals surface area contributed by atoms with E-state index < -0.39 is 0 Å². The molecule has 3 aliphatic carbocycles. The Labute approximate surface area is 187 Å². The second kappa shape index (κ2) is 8.63. The van der Waals surface area contributed by atoms with Crippen LogP contribution in [0.2, 0.25) is 0 Å². The summed E-state index contributed by atoms with van der Waals surface area (Å²) in [6.45, 7) is 6.45. The summed E-state index contributed by atoms with van der Waals surface area (Å²) in [5, 5.41) is 0. The SMILES string of the molecule is C/C=C(/C(=O)C1CCC1)[C@H]1CCC=C(CC(=O)C2=CC3=C(C=C=C2)N(C)C(C)(C)C3)C1. The largest absolute Gasteiger partial charge is 0.368 e. The average molecular weight is 418 g/mol. The van der Waals surface area contributed by atoms with Crippen molar-refractivity contribution in [2.75, 3.05) is 7.05 Å². The molecule has 1 heterocycles. The fourth-order valence-electron chi connectivity index (χ4n) is 5.33. The van der Waals surface area contributed by atoms with Crippen LogP contribution in [0.25, 0.3) is 0 Å². The van der Waals surface area contributed by atoms with Crippen molar-refractivity contribution in [1.82, 2.24) is 4.90 Å². The van der Waals surface area contributed by atoms with Crippen molar-refractivity contribution in [2.45, 2.75) is 77.7 Å². The molecular formula is C28H35NO2. The lowest BCUT2D eigenvalue weighted by molar-refractivity contribution is -0.122. The number of nitrogens with zero attached hydrogens (tertiary/aromatic N) is 1. The minimum atomic E-state index is 0.0554. The zero-order valence-corrected chi connectivity index (χ0v) is 19.5. The number of Topliss-reactive ketones (excluding diaryl/α,β-unsaturated/α-hetero) is 2. The third-order valence-corrected chi connectivity index (χ3v) is 7.69. The Bertz CT molecular complexity index is 974. The van der Waals surface area contributed by atoms with E-state index in [1.165, 1.54) is 17.6 Å². The van der Waals surface area contributed by atoms with Crippen molar-refractivity contribution in [1.29, 1.82) is 0 Å². The Morgan fingerprint density at radius 2 is 1.97 bits per heavy atom. The van der Waals surface area contributed by atoms with E-state index in [2.05, 4.69) is 43.7 Å². The summed E-state index contributed by atoms with van der Waals surface area (Å²) >= 11 is 0. The van der Waals surface area contributed by atoms with Crippen LogP contribution in [0.3, 0.4) is 0 Å². The second-order valence-electron chi connectivity index (χ2n) is 10.2. The molecule has 31 heavy (non-hydrogen) atoms. The van der Waals surface area contributed by atoms with Crippen molar-refractivity contribution in [3.8, 4) is 0 Å². The molecule has 1 fully saturated rings. The van der Waals surface area contributed by atoms with Crippen molar-refractivity contribution in [3.05, 3.63) is 64.1 Å². The zero-order valence-electron chi connectivity index (χ0n) is 19.5. The van der Waals surface area contributed by atoms with Gasteiger partial charge in [-0.05, 0) is 88.5 Å². The maximum Gasteiger partial charge on any atom is 0.167 e. The minimum absolute atomic E-state index is 0.0554. The van der Waals surface area contributed by atoms with Crippen molar-refractivity contribution in [2.24, 2.45) is 11.8 Å². The molecule has 0 spiro atoms. The van der Waals surface area contributed by atoms with Gasteiger partial charge in [0.05, 0.1) is 0 Å². The molecule has 0 N–H and O–H groups in total. The van der Waals surface area contributed by atoms with Gasteiger partial charge in [-0.1, -0.05) is 24.1 Å². The predicted octanol–water partition coefficient (Wildman–Crippen LogP) is 6.01. The Kier molecular flexibility index (Phi) is 6.08. The maximum absolute atomic E-state index is 13.2. The van der Waals surface area contributed by atoms with Crippen LogP contribution in [0.5, 0.6) is 0 Å². The molecule has 0 unspecified atom stereocenters. The van der Waals surface area contributed by atoms with Gasteiger partial charge in [-0.15, -0.1) is 5.73 Å². The number of rotatable bonds is 6. The molecular weight excluding hydrogens is 382 g/mol. The van der Waals surface area contributed by atoms with Crippen molar-refractivity contribution >= 4 is 11.6 Å². The van der Waals surface area contributed by atoms with E-state index in [1.807, 2.05) is 25.2 Å². The number of likely N-dealkylation sites (N-methyl/N-ethyl adjacent to an activating group) is 1. The van der Waals surface area contributed by atoms with Gasteiger partial charge >= 0.3 is 0 Å². The monoisotopic (exact) mass is 417 g/mol. The molecule has 0 amide bonds. The number of hydrogen-bond acceptors (Lipinski definition) is 3. The molecule has 0 saturated heterocycles. The van der Waals surface area contributed by atoms with Gasteiger partial charge in [-0.2, -0.15) is 0 Å². The molecule has 1 atom stereocenters. The summed E-state index contributed by atoms with van der Waals surface area (Å²) in [5.74, 6) is 1.02. The summed E-state index contributed by atoms with van der Waals surface area (Å²) in [7, 11) is 2.11. The van der Waals surface area contributed by atoms with Gasteiger partial charge in [-0.25, -0.2) is 0 Å². The Morgan fingerprint density at radius 3 is 2.65 bits per heavy atom. The Balaban J connectivity index is 1.45. The standard InChI is InChI=1S/C28H35NO2/c1-5-24(27(31)20-10-7-11-20)21-12-6-9-19(15-21)16-26(30)22-13-8-14-25-23(17-22)18-28(2,3)29(25)4/h5,9,13-14,17,20-21H,6-7,10-12,15-16,18H2,1-4H3/b24-5+/t21-/m0/s1. The molecule has 1 saturated carbocycles. The maximum atomic E-state index is 13.2. The molecule has 3 heteroatoms. The summed E-state index contributed by atoms with van der Waals surface area (Å²) < 4.78 is 0. The van der Waals surface area contributed by atoms with Gasteiger partial charge in [0, 0.05) is 42.3 Å². The highest BCUT2D eigenvalue weighted by Crippen LogP contribution is 2.39. The fraction of sp³-hybridized carbons (Fsp3) is 0.536. The van der Waals surface area contributed by atoms with Crippen molar-refractivity contribution < 1.29 is 9.59 Å². The molecule has 4 rings (SSSR count). The molecule has 0 aromatic carbocycles. The first kappa shape index (κ1) is 21.8. The topological polar surface area (TPSA) is 37.4 Å². The molecule has 1 aliphatic heterocycles. The molecule has 0 radical (unpaired) electrons. The summed E-state index contributed by atoms with van der Waals surface area (Å²) in [6.07, 6.45) is 17.6. The van der Waals surface area contributed by atoms with Crippen LogP contribution in [0.1, 0.15) is 72.1 Å². The van der Waals surface area contributed by atoms with Gasteiger partial charge in [0.1, 0.15) is 0 Å². The summed E-state index contributed by atoms with van der Waals surface area (Å²) in [5.41, 5.74) is 8.58. The molecule has 0 bridgehead atoms. The van der Waals surface area contributed by atoms with Gasteiger partial charge in [0.25, 0.3) is 0 Å². The van der Waals surface area contributed by atoms with Crippen LogP contribution in [-0.2, 0) is 9.59 Å². The molecule has 164 valence electrons. The Morgan fingerprint density at radius 1 is 1.19 bits per heavy atom. The minimum Gasteiger partial charge on any atom is -0.368 e. The average Bonchev–Trinajstić information content (AvgIpc) is 2.82. The van der Waals surface area contributed by atoms with Crippen LogP contribution in [0, 0.1) is 11.8 Å². The quantitative estimate of drug-likeness (QED) is 0.302. The van der Waals surface area contributed by atoms with Gasteiger partial charge in [0.2, 0.25) is 0 Å².